The number of hydrogen-bond donors (Lipinski definition) is 0. The maximum absolute atomic E-state index is 10.6. The standard InChI is InChI=1S/C12H22O2.C7H12O2/c1-3-5-6-7-8-9-10-11-14-12(13)4-2;1-3-5-6-9-7(8)4-2/h4H,2-3,5-11H2,1H3;4H,2-3,5-6H2,1H3. The summed E-state index contributed by atoms with van der Waals surface area (Å²) in [4.78, 5) is 21.0. The molecule has 0 aliphatic rings. The second-order valence-electron chi connectivity index (χ2n) is 5.22. The van der Waals surface area contributed by atoms with Gasteiger partial charge in [0.15, 0.2) is 0 Å². The molecule has 0 aliphatic heterocycles. The number of hydrogen-bond acceptors (Lipinski definition) is 4. The molecule has 0 spiro atoms. The minimum Gasteiger partial charge on any atom is -0.463 e. The van der Waals surface area contributed by atoms with E-state index >= 15 is 0 Å². The number of carbonyl (C=O) groups excluding carboxylic acids is 2. The third-order valence-electron chi connectivity index (χ3n) is 3.07. The average molecular weight is 326 g/mol. The molecule has 0 saturated heterocycles. The molecule has 0 saturated carbocycles. The zero-order chi connectivity index (χ0) is 17.8. The van der Waals surface area contributed by atoms with Crippen LogP contribution >= 0.6 is 0 Å². The van der Waals surface area contributed by atoms with Crippen LogP contribution in [0.5, 0.6) is 0 Å². The van der Waals surface area contributed by atoms with Crippen LogP contribution < -0.4 is 0 Å². The van der Waals surface area contributed by atoms with Crippen LogP contribution in [0.25, 0.3) is 0 Å². The highest BCUT2D eigenvalue weighted by molar-refractivity contribution is 5.81. The van der Waals surface area contributed by atoms with Gasteiger partial charge in [0.2, 0.25) is 0 Å². The van der Waals surface area contributed by atoms with Crippen molar-refractivity contribution in [3.63, 3.8) is 0 Å². The monoisotopic (exact) mass is 326 g/mol. The quantitative estimate of drug-likeness (QED) is 0.272. The number of carbonyl (C=O) groups is 2. The summed E-state index contributed by atoms with van der Waals surface area (Å²) in [5.74, 6) is -0.639. The van der Waals surface area contributed by atoms with Crippen LogP contribution in [-0.2, 0) is 19.1 Å². The van der Waals surface area contributed by atoms with Crippen molar-refractivity contribution in [2.24, 2.45) is 0 Å². The smallest absolute Gasteiger partial charge is 0.330 e. The first-order valence-corrected chi connectivity index (χ1v) is 8.70. The summed E-state index contributed by atoms with van der Waals surface area (Å²) >= 11 is 0. The van der Waals surface area contributed by atoms with E-state index in [1.807, 2.05) is 6.92 Å². The van der Waals surface area contributed by atoms with Crippen LogP contribution in [0.3, 0.4) is 0 Å². The molecule has 0 atom stereocenters. The lowest BCUT2D eigenvalue weighted by Gasteiger charge is -2.01. The van der Waals surface area contributed by atoms with Crippen molar-refractivity contribution >= 4 is 11.9 Å². The maximum atomic E-state index is 10.6. The molecule has 4 nitrogen and oxygen atoms in total. The molecule has 23 heavy (non-hydrogen) atoms. The van der Waals surface area contributed by atoms with Crippen LogP contribution in [0, 0.1) is 0 Å². The Morgan fingerprint density at radius 2 is 1.09 bits per heavy atom. The first-order chi connectivity index (χ1) is 11.1. The fourth-order valence-electron chi connectivity index (χ4n) is 1.67. The molecule has 0 rings (SSSR count). The molecule has 0 aliphatic carbocycles. The van der Waals surface area contributed by atoms with Crippen molar-refractivity contribution < 1.29 is 19.1 Å². The van der Waals surface area contributed by atoms with Gasteiger partial charge in [-0.2, -0.15) is 0 Å². The van der Waals surface area contributed by atoms with Crippen LogP contribution in [0.15, 0.2) is 25.3 Å². The predicted octanol–water partition coefficient (Wildman–Crippen LogP) is 4.98. The predicted molar refractivity (Wildman–Crippen MR) is 95.2 cm³/mol. The van der Waals surface area contributed by atoms with Gasteiger partial charge in [-0.15, -0.1) is 0 Å². The van der Waals surface area contributed by atoms with Crippen LogP contribution in [0.4, 0.5) is 0 Å². The lowest BCUT2D eigenvalue weighted by Crippen LogP contribution is -2.01. The van der Waals surface area contributed by atoms with Crippen molar-refractivity contribution in [3.05, 3.63) is 25.3 Å². The maximum Gasteiger partial charge on any atom is 0.330 e. The molecule has 0 amide bonds. The second kappa shape index (κ2) is 20.4. The summed E-state index contributed by atoms with van der Waals surface area (Å²) < 4.78 is 9.54. The number of rotatable bonds is 13. The SMILES string of the molecule is C=CC(=O)OCCCC.C=CC(=O)OCCCCCCCCC. The Morgan fingerprint density at radius 3 is 1.52 bits per heavy atom. The third kappa shape index (κ3) is 22.8. The Balaban J connectivity index is 0. The summed E-state index contributed by atoms with van der Waals surface area (Å²) in [7, 11) is 0. The van der Waals surface area contributed by atoms with Crippen molar-refractivity contribution in [3.8, 4) is 0 Å². The van der Waals surface area contributed by atoms with Crippen molar-refractivity contribution in [1.82, 2.24) is 0 Å². The fraction of sp³-hybridized carbons (Fsp3) is 0.684. The normalized spacial score (nSPS) is 9.30. The molecule has 134 valence electrons. The van der Waals surface area contributed by atoms with Crippen LogP contribution in [0.2, 0.25) is 0 Å². The van der Waals surface area contributed by atoms with Crippen LogP contribution in [-0.4, -0.2) is 25.2 Å². The van der Waals surface area contributed by atoms with E-state index in [0.29, 0.717) is 13.2 Å². The summed E-state index contributed by atoms with van der Waals surface area (Å²) in [6.07, 6.45) is 13.0. The van der Waals surface area contributed by atoms with Gasteiger partial charge in [0.05, 0.1) is 13.2 Å². The van der Waals surface area contributed by atoms with E-state index in [2.05, 4.69) is 24.8 Å². The van der Waals surface area contributed by atoms with E-state index in [9.17, 15) is 9.59 Å². The number of esters is 2. The molecular formula is C19H34O4. The fourth-order valence-corrected chi connectivity index (χ4v) is 1.67. The van der Waals surface area contributed by atoms with Gasteiger partial charge in [-0.1, -0.05) is 72.0 Å². The van der Waals surface area contributed by atoms with E-state index < -0.39 is 0 Å². The Bertz CT molecular complexity index is 310. The topological polar surface area (TPSA) is 52.6 Å². The van der Waals surface area contributed by atoms with Gasteiger partial charge in [-0.25, -0.2) is 9.59 Å². The van der Waals surface area contributed by atoms with Gasteiger partial charge in [0.1, 0.15) is 0 Å². The lowest BCUT2D eigenvalue weighted by molar-refractivity contribution is -0.138. The third-order valence-corrected chi connectivity index (χ3v) is 3.07. The minimum atomic E-state index is -0.330. The number of unbranched alkanes of at least 4 members (excludes halogenated alkanes) is 7. The summed E-state index contributed by atoms with van der Waals surface area (Å²) in [5, 5.41) is 0. The number of ether oxygens (including phenoxy) is 2. The van der Waals surface area contributed by atoms with Crippen LogP contribution in [0.1, 0.15) is 71.6 Å². The highest BCUT2D eigenvalue weighted by Gasteiger charge is 1.95. The molecule has 0 aromatic rings. The van der Waals surface area contributed by atoms with E-state index in [1.165, 1.54) is 44.3 Å². The van der Waals surface area contributed by atoms with Crippen molar-refractivity contribution in [2.75, 3.05) is 13.2 Å². The highest BCUT2D eigenvalue weighted by atomic mass is 16.5. The van der Waals surface area contributed by atoms with E-state index in [0.717, 1.165) is 25.7 Å². The molecule has 0 heterocycles. The van der Waals surface area contributed by atoms with E-state index in [4.69, 9.17) is 4.74 Å². The van der Waals surface area contributed by atoms with E-state index in [-0.39, 0.29) is 11.9 Å². The highest BCUT2D eigenvalue weighted by Crippen LogP contribution is 2.06. The molecular weight excluding hydrogens is 292 g/mol. The van der Waals surface area contributed by atoms with Gasteiger partial charge in [0, 0.05) is 12.2 Å². The van der Waals surface area contributed by atoms with Gasteiger partial charge in [-0.3, -0.25) is 0 Å². The molecule has 0 N–H and O–H groups in total. The lowest BCUT2D eigenvalue weighted by atomic mass is 10.1. The summed E-state index contributed by atoms with van der Waals surface area (Å²) in [5.41, 5.74) is 0. The molecule has 0 aromatic heterocycles. The average Bonchev–Trinajstić information content (AvgIpc) is 2.57. The van der Waals surface area contributed by atoms with Gasteiger partial charge in [-0.05, 0) is 12.8 Å². The molecule has 4 heteroatoms. The summed E-state index contributed by atoms with van der Waals surface area (Å²) in [6, 6.07) is 0. The Morgan fingerprint density at radius 1 is 0.696 bits per heavy atom. The van der Waals surface area contributed by atoms with Gasteiger partial charge in [0.25, 0.3) is 0 Å². The van der Waals surface area contributed by atoms with Gasteiger partial charge >= 0.3 is 11.9 Å². The molecule has 0 fully saturated rings. The molecule has 0 unspecified atom stereocenters. The van der Waals surface area contributed by atoms with Crippen molar-refractivity contribution in [2.45, 2.75) is 71.6 Å². The first kappa shape index (κ1) is 23.7. The Hall–Kier alpha value is -1.58. The van der Waals surface area contributed by atoms with E-state index in [1.54, 1.807) is 0 Å². The summed E-state index contributed by atoms with van der Waals surface area (Å²) in [6.45, 7) is 11.9. The van der Waals surface area contributed by atoms with Crippen molar-refractivity contribution in [1.29, 1.82) is 0 Å². The second-order valence-corrected chi connectivity index (χ2v) is 5.22. The zero-order valence-corrected chi connectivity index (χ0v) is 15.0. The first-order valence-electron chi connectivity index (χ1n) is 8.70. The molecule has 0 bridgehead atoms. The largest absolute Gasteiger partial charge is 0.463 e. The molecule has 0 radical (unpaired) electrons. The molecule has 0 aromatic carbocycles. The zero-order valence-electron chi connectivity index (χ0n) is 15.0. The Kier molecular flexibility index (Phi) is 21.0. The van der Waals surface area contributed by atoms with Gasteiger partial charge < -0.3 is 9.47 Å². The Labute approximate surface area is 141 Å². The minimum absolute atomic E-state index is 0.309.